The summed E-state index contributed by atoms with van der Waals surface area (Å²) in [5.41, 5.74) is 1.03. The predicted octanol–water partition coefficient (Wildman–Crippen LogP) is 4.48. The maximum absolute atomic E-state index is 14.0. The molecule has 108 valence electrons. The van der Waals surface area contributed by atoms with Crippen LogP contribution < -0.4 is 5.32 Å². The van der Waals surface area contributed by atoms with Gasteiger partial charge in [0.15, 0.2) is 17.5 Å². The number of halogens is 3. The molecular formula is C15H16F3NS. The van der Waals surface area contributed by atoms with Gasteiger partial charge in [-0.15, -0.1) is 11.3 Å². The molecule has 1 aromatic heterocycles. The molecule has 5 heteroatoms. The smallest absolute Gasteiger partial charge is 0.194 e. The van der Waals surface area contributed by atoms with Crippen LogP contribution in [0, 0.1) is 31.3 Å². The van der Waals surface area contributed by atoms with Crippen LogP contribution in [0.2, 0.25) is 0 Å². The molecule has 0 aliphatic carbocycles. The van der Waals surface area contributed by atoms with E-state index in [4.69, 9.17) is 0 Å². The van der Waals surface area contributed by atoms with Crippen LogP contribution in [0.3, 0.4) is 0 Å². The van der Waals surface area contributed by atoms with Gasteiger partial charge in [-0.1, -0.05) is 13.0 Å². The number of rotatable bonds is 4. The van der Waals surface area contributed by atoms with Crippen molar-refractivity contribution < 1.29 is 13.2 Å². The fourth-order valence-electron chi connectivity index (χ4n) is 2.29. The van der Waals surface area contributed by atoms with Crippen LogP contribution in [-0.4, -0.2) is 6.54 Å². The molecule has 0 spiro atoms. The van der Waals surface area contributed by atoms with E-state index in [1.54, 1.807) is 11.3 Å². The lowest BCUT2D eigenvalue weighted by Crippen LogP contribution is -2.23. The largest absolute Gasteiger partial charge is 0.306 e. The topological polar surface area (TPSA) is 12.0 Å². The van der Waals surface area contributed by atoms with Gasteiger partial charge in [0.1, 0.15) is 0 Å². The van der Waals surface area contributed by atoms with E-state index in [1.165, 1.54) is 6.07 Å². The highest BCUT2D eigenvalue weighted by Gasteiger charge is 2.23. The molecule has 2 aromatic rings. The summed E-state index contributed by atoms with van der Waals surface area (Å²) in [7, 11) is 0. The van der Waals surface area contributed by atoms with E-state index in [1.807, 2.05) is 26.8 Å². The minimum absolute atomic E-state index is 0.131. The van der Waals surface area contributed by atoms with Gasteiger partial charge < -0.3 is 5.32 Å². The highest BCUT2D eigenvalue weighted by atomic mass is 32.1. The minimum atomic E-state index is -1.42. The summed E-state index contributed by atoms with van der Waals surface area (Å²) in [5.74, 6) is -3.71. The number of hydrogen-bond acceptors (Lipinski definition) is 2. The highest BCUT2D eigenvalue weighted by Crippen LogP contribution is 2.32. The van der Waals surface area contributed by atoms with Crippen LogP contribution in [0.1, 0.15) is 33.8 Å². The van der Waals surface area contributed by atoms with E-state index in [2.05, 4.69) is 5.32 Å². The monoisotopic (exact) mass is 299 g/mol. The van der Waals surface area contributed by atoms with Crippen LogP contribution in [0.4, 0.5) is 13.2 Å². The van der Waals surface area contributed by atoms with Gasteiger partial charge in [-0.2, -0.15) is 0 Å². The van der Waals surface area contributed by atoms with Crippen LogP contribution >= 0.6 is 11.3 Å². The highest BCUT2D eigenvalue weighted by molar-refractivity contribution is 7.12. The predicted molar refractivity (Wildman–Crippen MR) is 75.6 cm³/mol. The molecule has 2 rings (SSSR count). The molecule has 0 fully saturated rings. The third-order valence-corrected chi connectivity index (χ3v) is 4.16. The van der Waals surface area contributed by atoms with Crippen LogP contribution in [0.5, 0.6) is 0 Å². The maximum atomic E-state index is 14.0. The van der Waals surface area contributed by atoms with Crippen LogP contribution in [0.25, 0.3) is 0 Å². The molecule has 1 aromatic carbocycles. The number of aryl methyl sites for hydroxylation is 2. The molecule has 0 saturated carbocycles. The molecule has 1 atom stereocenters. The molecular weight excluding hydrogens is 283 g/mol. The third-order valence-electron chi connectivity index (χ3n) is 3.17. The zero-order chi connectivity index (χ0) is 14.9. The van der Waals surface area contributed by atoms with Crippen LogP contribution in [-0.2, 0) is 0 Å². The van der Waals surface area contributed by atoms with Gasteiger partial charge in [0.25, 0.3) is 0 Å². The standard InChI is InChI=1S/C15H16F3NS/c1-4-19-15(11-7-8(2)20-9(11)3)10-5-6-12(16)14(18)13(10)17/h5-7,15,19H,4H2,1-3H3. The molecule has 1 nitrogen and oxygen atoms in total. The lowest BCUT2D eigenvalue weighted by molar-refractivity contribution is 0.433. The third kappa shape index (κ3) is 2.74. The van der Waals surface area contributed by atoms with Crippen molar-refractivity contribution in [1.29, 1.82) is 0 Å². The van der Waals surface area contributed by atoms with Crippen LogP contribution in [0.15, 0.2) is 18.2 Å². The Morgan fingerprint density at radius 1 is 1.10 bits per heavy atom. The van der Waals surface area contributed by atoms with Crippen molar-refractivity contribution in [2.24, 2.45) is 0 Å². The Kier molecular flexibility index (Phi) is 4.50. The Morgan fingerprint density at radius 3 is 2.35 bits per heavy atom. The molecule has 0 amide bonds. The number of hydrogen-bond donors (Lipinski definition) is 1. The molecule has 0 aliphatic rings. The van der Waals surface area contributed by atoms with Gasteiger partial charge in [-0.3, -0.25) is 0 Å². The van der Waals surface area contributed by atoms with E-state index >= 15 is 0 Å². The minimum Gasteiger partial charge on any atom is -0.306 e. The van der Waals surface area contributed by atoms with Crippen molar-refractivity contribution >= 4 is 11.3 Å². The lowest BCUT2D eigenvalue weighted by Gasteiger charge is -2.19. The molecule has 1 N–H and O–H groups in total. The molecule has 0 aliphatic heterocycles. The Labute approximate surface area is 120 Å². The van der Waals surface area contributed by atoms with Gasteiger partial charge in [0.2, 0.25) is 0 Å². The van der Waals surface area contributed by atoms with Crippen molar-refractivity contribution in [3.63, 3.8) is 0 Å². The maximum Gasteiger partial charge on any atom is 0.194 e. The fourth-order valence-corrected chi connectivity index (χ4v) is 3.26. The first-order valence-corrected chi connectivity index (χ1v) is 7.21. The first kappa shape index (κ1) is 15.1. The summed E-state index contributed by atoms with van der Waals surface area (Å²) >= 11 is 1.60. The summed E-state index contributed by atoms with van der Waals surface area (Å²) in [6.45, 7) is 6.39. The van der Waals surface area contributed by atoms with Crippen molar-refractivity contribution in [3.8, 4) is 0 Å². The second-order valence-electron chi connectivity index (χ2n) is 4.62. The average molecular weight is 299 g/mol. The molecule has 0 saturated heterocycles. The Morgan fingerprint density at radius 2 is 1.80 bits per heavy atom. The fraction of sp³-hybridized carbons (Fsp3) is 0.333. The second kappa shape index (κ2) is 5.97. The Bertz CT molecular complexity index is 622. The SMILES string of the molecule is CCNC(c1cc(C)sc1C)c1ccc(F)c(F)c1F. The quantitative estimate of drug-likeness (QED) is 0.821. The first-order valence-electron chi connectivity index (χ1n) is 6.39. The van der Waals surface area contributed by atoms with E-state index in [-0.39, 0.29) is 5.56 Å². The first-order chi connectivity index (χ1) is 9.45. The molecule has 0 bridgehead atoms. The van der Waals surface area contributed by atoms with Crippen molar-refractivity contribution in [2.45, 2.75) is 26.8 Å². The van der Waals surface area contributed by atoms with Gasteiger partial charge in [-0.05, 0) is 38.1 Å². The van der Waals surface area contributed by atoms with Gasteiger partial charge >= 0.3 is 0 Å². The summed E-state index contributed by atoms with van der Waals surface area (Å²) in [6, 6.07) is 3.74. The van der Waals surface area contributed by atoms with Crippen molar-refractivity contribution in [3.05, 3.63) is 56.5 Å². The zero-order valence-electron chi connectivity index (χ0n) is 11.6. The molecule has 0 radical (unpaired) electrons. The van der Waals surface area contributed by atoms with Crippen molar-refractivity contribution in [2.75, 3.05) is 6.54 Å². The number of benzene rings is 1. The van der Waals surface area contributed by atoms with E-state index in [0.29, 0.717) is 6.54 Å². The Balaban J connectivity index is 2.54. The summed E-state index contributed by atoms with van der Waals surface area (Å²) in [4.78, 5) is 2.14. The Hall–Kier alpha value is -1.33. The normalized spacial score (nSPS) is 12.7. The van der Waals surface area contributed by atoms with Crippen molar-refractivity contribution in [1.82, 2.24) is 5.32 Å². The molecule has 1 heterocycles. The summed E-state index contributed by atoms with van der Waals surface area (Å²) < 4.78 is 40.5. The van der Waals surface area contributed by atoms with Gasteiger partial charge in [-0.25, -0.2) is 13.2 Å². The lowest BCUT2D eigenvalue weighted by atomic mass is 9.98. The molecule has 20 heavy (non-hydrogen) atoms. The number of thiophene rings is 1. The van der Waals surface area contributed by atoms with Gasteiger partial charge in [0, 0.05) is 15.3 Å². The number of nitrogens with one attached hydrogen (secondary N) is 1. The second-order valence-corrected chi connectivity index (χ2v) is 6.08. The van der Waals surface area contributed by atoms with Gasteiger partial charge in [0.05, 0.1) is 6.04 Å². The van der Waals surface area contributed by atoms with E-state index in [9.17, 15) is 13.2 Å². The van der Waals surface area contributed by atoms with E-state index < -0.39 is 23.5 Å². The summed E-state index contributed by atoms with van der Waals surface area (Å²) in [5, 5.41) is 3.13. The summed E-state index contributed by atoms with van der Waals surface area (Å²) in [6.07, 6.45) is 0. The molecule has 1 unspecified atom stereocenters. The van der Waals surface area contributed by atoms with E-state index in [0.717, 1.165) is 21.4 Å². The average Bonchev–Trinajstić information content (AvgIpc) is 2.73. The zero-order valence-corrected chi connectivity index (χ0v) is 12.4.